The van der Waals surface area contributed by atoms with Gasteiger partial charge in [0.2, 0.25) is 0 Å². The predicted octanol–water partition coefficient (Wildman–Crippen LogP) is 8.25. The molecule has 8 rings (SSSR count). The first-order valence-electron chi connectivity index (χ1n) is 23.0. The van der Waals surface area contributed by atoms with Crippen molar-refractivity contribution < 1.29 is 26.3 Å². The molecular formula is C44H78Cl4Mn2N10S2. The summed E-state index contributed by atoms with van der Waals surface area (Å²) in [6.45, 7) is 10.5. The number of hydrogen-bond donors (Lipinski definition) is 8. The zero-order valence-electron chi connectivity index (χ0n) is 37.0. The van der Waals surface area contributed by atoms with Crippen LogP contribution < -0.4 is 42.5 Å². The minimum absolute atomic E-state index is 0. The molecule has 8 N–H and O–H groups in total. The van der Waals surface area contributed by atoms with Crippen molar-refractivity contribution in [2.24, 2.45) is 0 Å². The molecule has 358 valence electrons. The number of aromatic nitrogens is 2. The zero-order valence-corrected chi connectivity index (χ0v) is 44.3. The summed E-state index contributed by atoms with van der Waals surface area (Å²) in [5.74, 6) is 0. The van der Waals surface area contributed by atoms with Crippen molar-refractivity contribution in [3.05, 3.63) is 59.2 Å². The zero-order chi connectivity index (χ0) is 42.4. The Morgan fingerprint density at radius 3 is 1.03 bits per heavy atom. The number of nitrogens with zero attached hydrogens (tertiary/aromatic N) is 2. The number of fused-ring (bicyclic) bond motifs is 8. The second kappa shape index (κ2) is 33.4. The molecule has 2 aromatic rings. The third-order valence-corrected chi connectivity index (χ3v) is 13.5. The van der Waals surface area contributed by atoms with E-state index in [4.69, 9.17) is 50.4 Å². The molecule has 4 heterocycles. The SMILES string of the molecule is C[C@@H]1N[C@@H]2CCCC[C@H]2NCCN[C@@H]2CCCC[C@H]2N[C@@H](C)c2cccc1n2.S.S.[Cl][Mn][Cl].[Cl][Mn][Cl].c1cc2nc(c1)CN[C@H]1CCCC[C@@H]1NCCN[C@H]1CCCC[C@@H]1NC2. The van der Waals surface area contributed by atoms with E-state index in [1.54, 1.807) is 0 Å². The molecule has 10 atom stereocenters. The fourth-order valence-electron chi connectivity index (χ4n) is 10.4. The summed E-state index contributed by atoms with van der Waals surface area (Å²) in [6.07, 6.45) is 21.0. The number of nitrogens with one attached hydrogen (secondary N) is 8. The second-order valence-electron chi connectivity index (χ2n) is 17.6. The first-order chi connectivity index (χ1) is 29.4. The minimum atomic E-state index is 0. The summed E-state index contributed by atoms with van der Waals surface area (Å²) >= 11 is 0.0139. The summed E-state index contributed by atoms with van der Waals surface area (Å²) in [4.78, 5) is 9.95. The molecule has 10 nitrogen and oxygen atoms in total. The topological polar surface area (TPSA) is 122 Å². The summed E-state index contributed by atoms with van der Waals surface area (Å²) < 4.78 is 0. The normalized spacial score (nSPS) is 31.9. The van der Waals surface area contributed by atoms with Crippen molar-refractivity contribution in [1.82, 2.24) is 52.5 Å². The summed E-state index contributed by atoms with van der Waals surface area (Å²) in [5.41, 5.74) is 4.68. The maximum absolute atomic E-state index is 5.06. The van der Waals surface area contributed by atoms with Gasteiger partial charge < -0.3 is 42.5 Å². The quantitative estimate of drug-likeness (QED) is 0.123. The molecule has 6 aliphatic rings. The van der Waals surface area contributed by atoms with Crippen LogP contribution in [0.4, 0.5) is 0 Å². The molecule has 2 aromatic heterocycles. The Balaban J connectivity index is 0.000000286. The minimum Gasteiger partial charge on any atom is -0.311 e. The van der Waals surface area contributed by atoms with Crippen LogP contribution in [0.15, 0.2) is 36.4 Å². The van der Waals surface area contributed by atoms with E-state index in [9.17, 15) is 0 Å². The third-order valence-electron chi connectivity index (χ3n) is 13.5. The van der Waals surface area contributed by atoms with Gasteiger partial charge in [0.05, 0.1) is 22.8 Å². The van der Waals surface area contributed by atoms with Gasteiger partial charge in [0.25, 0.3) is 0 Å². The number of halogens is 4. The van der Waals surface area contributed by atoms with E-state index in [1.807, 2.05) is 0 Å². The number of pyridine rings is 2. The Kier molecular flexibility index (Phi) is 30.8. The summed E-state index contributed by atoms with van der Waals surface area (Å²) in [6, 6.07) is 18.1. The first kappa shape index (κ1) is 57.2. The van der Waals surface area contributed by atoms with Crippen LogP contribution in [-0.2, 0) is 39.4 Å². The first-order valence-corrected chi connectivity index (χ1v) is 29.5. The number of hydrogen-bond acceptors (Lipinski definition) is 10. The maximum atomic E-state index is 5.06. The second-order valence-corrected chi connectivity index (χ2v) is 21.5. The molecule has 62 heavy (non-hydrogen) atoms. The van der Waals surface area contributed by atoms with Crippen LogP contribution in [0.2, 0.25) is 0 Å². The Hall–Kier alpha value is 0.879. The molecule has 0 saturated heterocycles. The van der Waals surface area contributed by atoms with Crippen LogP contribution in [0.1, 0.15) is 151 Å². The molecule has 4 saturated carbocycles. The van der Waals surface area contributed by atoms with E-state index in [0.29, 0.717) is 48.3 Å². The van der Waals surface area contributed by atoms with E-state index in [1.165, 1.54) is 126 Å². The molecule has 4 aliphatic carbocycles. The van der Waals surface area contributed by atoms with Crippen molar-refractivity contribution in [3.8, 4) is 0 Å². The predicted molar refractivity (Wildman–Crippen MR) is 266 cm³/mol. The van der Waals surface area contributed by atoms with Gasteiger partial charge in [0, 0.05) is 99.7 Å². The molecule has 0 amide bonds. The fraction of sp³-hybridized carbons (Fsp3) is 0.773. The summed E-state index contributed by atoms with van der Waals surface area (Å²) in [5, 5.41) is 30.7. The van der Waals surface area contributed by atoms with E-state index < -0.39 is 0 Å². The van der Waals surface area contributed by atoms with Crippen molar-refractivity contribution in [3.63, 3.8) is 0 Å². The smallest absolute Gasteiger partial charge is 0.0545 e. The molecule has 0 spiro atoms. The van der Waals surface area contributed by atoms with Crippen molar-refractivity contribution in [2.45, 2.75) is 190 Å². The standard InChI is InChI=1S/C23H39N5.C21H35N5.4ClH.2Mn.2H2S/c1-16-18-12-7-13-19(28-18)17(2)27-23-11-6-4-9-21(23)25-15-14-24-20-8-3-5-10-22(20)26-16;1-3-10-20-18(8-1)22-12-13-23-19-9-2-4-11-21(19)25-15-17-7-5-6-16(26-17)14-24-20;;;;;;;;/h7,12-13,16-17,20-27H,3-6,8-11,14-15H2,1-2H3;5-7,18-25H,1-4,8-15H2;4*1H;;;2*1H2/q;;;;;;2*+2;;/p-4/t16-,17-,20+,21+,22+,23+;18-,19-,20-,21-;;;;;;;;/m00......../s1. The monoisotopic (exact) mass is 1060 g/mol. The molecule has 0 unspecified atom stereocenters. The van der Waals surface area contributed by atoms with Gasteiger partial charge in [0.15, 0.2) is 0 Å². The van der Waals surface area contributed by atoms with Gasteiger partial charge in [-0.15, -0.1) is 0 Å². The fourth-order valence-corrected chi connectivity index (χ4v) is 10.4. The van der Waals surface area contributed by atoms with Crippen LogP contribution in [-0.4, -0.2) is 84.5 Å². The van der Waals surface area contributed by atoms with E-state index >= 15 is 0 Å². The van der Waals surface area contributed by atoms with Gasteiger partial charge in [-0.25, -0.2) is 0 Å². The van der Waals surface area contributed by atoms with Gasteiger partial charge in [0.1, 0.15) is 0 Å². The van der Waals surface area contributed by atoms with Gasteiger partial charge in [-0.05, 0) is 89.5 Å². The Labute approximate surface area is 418 Å². The van der Waals surface area contributed by atoms with Crippen molar-refractivity contribution in [1.29, 1.82) is 0 Å². The van der Waals surface area contributed by atoms with Crippen LogP contribution in [0.25, 0.3) is 0 Å². The van der Waals surface area contributed by atoms with Gasteiger partial charge >= 0.3 is 66.7 Å². The molecule has 18 heteroatoms. The van der Waals surface area contributed by atoms with Crippen molar-refractivity contribution >= 4 is 67.4 Å². The molecule has 0 aromatic carbocycles. The Morgan fingerprint density at radius 2 is 0.694 bits per heavy atom. The molecule has 4 bridgehead atoms. The van der Waals surface area contributed by atoms with Crippen LogP contribution in [0, 0.1) is 0 Å². The average molecular weight is 1060 g/mol. The third kappa shape index (κ3) is 19.8. The van der Waals surface area contributed by atoms with Crippen LogP contribution >= 0.6 is 67.4 Å². The van der Waals surface area contributed by atoms with E-state index in [-0.39, 0.29) is 65.3 Å². The van der Waals surface area contributed by atoms with Crippen molar-refractivity contribution in [2.75, 3.05) is 26.2 Å². The van der Waals surface area contributed by atoms with Gasteiger partial charge in [-0.3, -0.25) is 9.97 Å². The molecular weight excluding hydrogens is 984 g/mol. The molecule has 2 aliphatic heterocycles. The summed E-state index contributed by atoms with van der Waals surface area (Å²) in [7, 11) is 19.2. The average Bonchev–Trinajstić information content (AvgIpc) is 3.28. The number of rotatable bonds is 0. The maximum Gasteiger partial charge on any atom is 0.0545 e. The van der Waals surface area contributed by atoms with Gasteiger partial charge in [-0.1, -0.05) is 63.5 Å². The molecule has 0 radical (unpaired) electrons. The Bertz CT molecular complexity index is 1370. The van der Waals surface area contributed by atoms with E-state index in [0.717, 1.165) is 39.3 Å². The van der Waals surface area contributed by atoms with Crippen LogP contribution in [0.5, 0.6) is 0 Å². The molecule has 4 fully saturated rings. The largest absolute Gasteiger partial charge is 0.311 e. The van der Waals surface area contributed by atoms with E-state index in [2.05, 4.69) is 92.8 Å². The van der Waals surface area contributed by atoms with Gasteiger partial charge in [-0.2, -0.15) is 27.0 Å². The van der Waals surface area contributed by atoms with Crippen LogP contribution in [0.3, 0.4) is 0 Å². The Morgan fingerprint density at radius 1 is 0.419 bits per heavy atom.